The topological polar surface area (TPSA) is 134 Å². The number of esters is 2. The highest BCUT2D eigenvalue weighted by Gasteiger charge is 2.38. The molecular weight excluding hydrogens is 532 g/mol. The summed E-state index contributed by atoms with van der Waals surface area (Å²) in [4.78, 5) is 25.5. The molecule has 0 radical (unpaired) electrons. The molecule has 2 aromatic carbocycles. The first kappa shape index (κ1) is 31.3. The van der Waals surface area contributed by atoms with Crippen LogP contribution in [0, 0.1) is 0 Å². The maximum absolute atomic E-state index is 12.8. The van der Waals surface area contributed by atoms with Crippen LogP contribution in [0.25, 0.3) is 0 Å². The molecule has 1 unspecified atom stereocenters. The van der Waals surface area contributed by atoms with Crippen LogP contribution in [0.5, 0.6) is 23.0 Å². The van der Waals surface area contributed by atoms with Gasteiger partial charge in [0.15, 0.2) is 23.0 Å². The number of hydrogen-bond acceptors (Lipinski definition) is 11. The fourth-order valence-corrected chi connectivity index (χ4v) is 4.56. The molecule has 0 spiro atoms. The second kappa shape index (κ2) is 15.0. The molecule has 11 nitrogen and oxygen atoms in total. The number of ether oxygens (including phenoxy) is 6. The van der Waals surface area contributed by atoms with Gasteiger partial charge in [-0.15, -0.1) is 0 Å². The maximum atomic E-state index is 12.8. The van der Waals surface area contributed by atoms with Crippen LogP contribution in [0.4, 0.5) is 0 Å². The van der Waals surface area contributed by atoms with Crippen LogP contribution in [0.1, 0.15) is 25.3 Å². The number of rotatable bonds is 14. The van der Waals surface area contributed by atoms with Crippen molar-refractivity contribution in [2.75, 3.05) is 54.7 Å². The van der Waals surface area contributed by atoms with E-state index in [1.54, 1.807) is 39.2 Å². The molecule has 3 N–H and O–H groups in total. The minimum Gasteiger partial charge on any atom is -0.493 e. The van der Waals surface area contributed by atoms with Crippen molar-refractivity contribution in [1.82, 2.24) is 10.6 Å². The SMILES string of the molecule is COC(=O)C1=C(C)NC(C)=C(C(=O)OC)C1c1ccc(OCC(O)CNCCOc2ccccc2OC)c(OC)c1. The Morgan fingerprint density at radius 2 is 1.44 bits per heavy atom. The Kier molecular flexibility index (Phi) is 11.4. The molecule has 1 atom stereocenters. The third kappa shape index (κ3) is 7.71. The maximum Gasteiger partial charge on any atom is 0.336 e. The van der Waals surface area contributed by atoms with Crippen molar-refractivity contribution in [2.45, 2.75) is 25.9 Å². The van der Waals surface area contributed by atoms with Gasteiger partial charge < -0.3 is 44.2 Å². The Morgan fingerprint density at radius 3 is 2.02 bits per heavy atom. The Hall–Kier alpha value is -4.22. The number of allylic oxidation sites excluding steroid dienone is 2. The summed E-state index contributed by atoms with van der Waals surface area (Å²) < 4.78 is 32.4. The number of methoxy groups -OCH3 is 4. The minimum atomic E-state index is -0.803. The van der Waals surface area contributed by atoms with E-state index in [9.17, 15) is 14.7 Å². The third-order valence-corrected chi connectivity index (χ3v) is 6.51. The molecule has 0 bridgehead atoms. The Balaban J connectivity index is 1.65. The summed E-state index contributed by atoms with van der Waals surface area (Å²) >= 11 is 0. The Morgan fingerprint density at radius 1 is 0.854 bits per heavy atom. The summed E-state index contributed by atoms with van der Waals surface area (Å²) in [7, 11) is 5.64. The average Bonchev–Trinajstić information content (AvgIpc) is 2.98. The molecule has 0 saturated carbocycles. The number of para-hydroxylation sites is 2. The molecule has 41 heavy (non-hydrogen) atoms. The van der Waals surface area contributed by atoms with Gasteiger partial charge in [-0.3, -0.25) is 0 Å². The average molecular weight is 571 g/mol. The van der Waals surface area contributed by atoms with E-state index in [4.69, 9.17) is 28.4 Å². The zero-order valence-corrected chi connectivity index (χ0v) is 24.2. The zero-order valence-electron chi connectivity index (χ0n) is 24.2. The first-order chi connectivity index (χ1) is 19.7. The van der Waals surface area contributed by atoms with Gasteiger partial charge >= 0.3 is 11.9 Å². The van der Waals surface area contributed by atoms with E-state index in [-0.39, 0.29) is 24.3 Å². The van der Waals surface area contributed by atoms with Gasteiger partial charge in [0, 0.05) is 24.5 Å². The van der Waals surface area contributed by atoms with Crippen LogP contribution in [-0.2, 0) is 19.1 Å². The number of dihydropyridines is 1. The normalized spacial score (nSPS) is 14.2. The molecule has 0 fully saturated rings. The molecule has 0 aromatic heterocycles. The van der Waals surface area contributed by atoms with Crippen molar-refractivity contribution >= 4 is 11.9 Å². The van der Waals surface area contributed by atoms with Crippen LogP contribution in [0.15, 0.2) is 65.0 Å². The van der Waals surface area contributed by atoms with Gasteiger partial charge in [0.1, 0.15) is 19.3 Å². The molecule has 0 amide bonds. The number of nitrogens with one attached hydrogen (secondary N) is 2. The molecule has 222 valence electrons. The van der Waals surface area contributed by atoms with Crippen LogP contribution in [0.3, 0.4) is 0 Å². The quantitative estimate of drug-likeness (QED) is 0.229. The minimum absolute atomic E-state index is 0.00225. The lowest BCUT2D eigenvalue weighted by atomic mass is 9.80. The van der Waals surface area contributed by atoms with Gasteiger partial charge in [0.2, 0.25) is 0 Å². The number of aliphatic hydroxyl groups is 1. The largest absolute Gasteiger partial charge is 0.493 e. The smallest absolute Gasteiger partial charge is 0.336 e. The van der Waals surface area contributed by atoms with Crippen molar-refractivity contribution in [1.29, 1.82) is 0 Å². The van der Waals surface area contributed by atoms with Crippen molar-refractivity contribution < 1.29 is 43.1 Å². The fourth-order valence-electron chi connectivity index (χ4n) is 4.56. The van der Waals surface area contributed by atoms with Crippen molar-refractivity contribution in [3.8, 4) is 23.0 Å². The van der Waals surface area contributed by atoms with Gasteiger partial charge in [-0.05, 0) is 43.7 Å². The van der Waals surface area contributed by atoms with E-state index in [0.717, 1.165) is 0 Å². The molecular formula is C30H38N2O9. The second-order valence-electron chi connectivity index (χ2n) is 9.20. The highest BCUT2D eigenvalue weighted by molar-refractivity contribution is 5.99. The molecule has 1 aliphatic heterocycles. The van der Waals surface area contributed by atoms with Gasteiger partial charge in [0.05, 0.1) is 45.5 Å². The third-order valence-electron chi connectivity index (χ3n) is 6.51. The van der Waals surface area contributed by atoms with Crippen molar-refractivity contribution in [3.63, 3.8) is 0 Å². The monoisotopic (exact) mass is 570 g/mol. The second-order valence-corrected chi connectivity index (χ2v) is 9.20. The van der Waals surface area contributed by atoms with E-state index < -0.39 is 24.0 Å². The number of carbonyl (C=O) groups excluding carboxylic acids is 2. The molecule has 11 heteroatoms. The van der Waals surface area contributed by atoms with Gasteiger partial charge in [-0.2, -0.15) is 0 Å². The first-order valence-corrected chi connectivity index (χ1v) is 13.1. The van der Waals surface area contributed by atoms with E-state index >= 15 is 0 Å². The first-order valence-electron chi connectivity index (χ1n) is 13.1. The van der Waals surface area contributed by atoms with E-state index in [2.05, 4.69) is 10.6 Å². The van der Waals surface area contributed by atoms with Gasteiger partial charge in [0.25, 0.3) is 0 Å². The van der Waals surface area contributed by atoms with Crippen LogP contribution in [0.2, 0.25) is 0 Å². The summed E-state index contributed by atoms with van der Waals surface area (Å²) in [6.07, 6.45) is -0.803. The molecule has 1 heterocycles. The fraction of sp³-hybridized carbons (Fsp3) is 0.400. The van der Waals surface area contributed by atoms with Gasteiger partial charge in [-0.25, -0.2) is 9.59 Å². The number of carbonyl (C=O) groups is 2. The lowest BCUT2D eigenvalue weighted by Gasteiger charge is -2.30. The molecule has 2 aromatic rings. The lowest BCUT2D eigenvalue weighted by Crippen LogP contribution is -2.33. The predicted molar refractivity (Wildman–Crippen MR) is 151 cm³/mol. The zero-order chi connectivity index (χ0) is 29.9. The van der Waals surface area contributed by atoms with E-state index in [1.165, 1.54) is 21.3 Å². The number of benzene rings is 2. The number of aliphatic hydroxyl groups excluding tert-OH is 1. The summed E-state index contributed by atoms with van der Waals surface area (Å²) in [5, 5.41) is 16.6. The molecule has 1 aliphatic rings. The van der Waals surface area contributed by atoms with Crippen LogP contribution in [-0.4, -0.2) is 77.9 Å². The van der Waals surface area contributed by atoms with E-state index in [1.807, 2.05) is 24.3 Å². The predicted octanol–water partition coefficient (Wildman–Crippen LogP) is 2.69. The van der Waals surface area contributed by atoms with Crippen LogP contribution >= 0.6 is 0 Å². The molecule has 0 saturated heterocycles. The number of hydrogen-bond donors (Lipinski definition) is 3. The lowest BCUT2D eigenvalue weighted by molar-refractivity contribution is -0.137. The highest BCUT2D eigenvalue weighted by Crippen LogP contribution is 2.42. The van der Waals surface area contributed by atoms with Crippen molar-refractivity contribution in [3.05, 3.63) is 70.6 Å². The summed E-state index contributed by atoms with van der Waals surface area (Å²) in [5.41, 5.74) is 2.30. The van der Waals surface area contributed by atoms with Crippen molar-refractivity contribution in [2.24, 2.45) is 0 Å². The summed E-state index contributed by atoms with van der Waals surface area (Å²) in [6, 6.07) is 12.5. The summed E-state index contributed by atoms with van der Waals surface area (Å²) in [6.45, 7) is 4.67. The van der Waals surface area contributed by atoms with Crippen LogP contribution < -0.4 is 29.6 Å². The molecule has 0 aliphatic carbocycles. The van der Waals surface area contributed by atoms with Gasteiger partial charge in [-0.1, -0.05) is 18.2 Å². The van der Waals surface area contributed by atoms with E-state index in [0.29, 0.717) is 53.1 Å². The highest BCUT2D eigenvalue weighted by atomic mass is 16.5. The Labute approximate surface area is 240 Å². The Bertz CT molecular complexity index is 1250. The summed E-state index contributed by atoms with van der Waals surface area (Å²) in [5.74, 6) is 0.163. The molecule has 3 rings (SSSR count). The standard InChI is InChI=1S/C30H38N2O9/c1-18-26(29(34)38-5)28(27(19(2)32-18)30(35)39-6)20-11-12-24(25(15-20)37-4)41-17-21(33)16-31-13-14-40-23-10-8-7-9-22(23)36-3/h7-12,15,21,28,31-33H,13-14,16-17H2,1-6H3.